The highest BCUT2D eigenvalue weighted by Gasteiger charge is 2.36. The quantitative estimate of drug-likeness (QED) is 0.0780. The third-order valence-corrected chi connectivity index (χ3v) is 11.0. The number of amides is 5. The van der Waals surface area contributed by atoms with E-state index in [9.17, 15) is 28.8 Å². The van der Waals surface area contributed by atoms with Crippen LogP contribution in [0.3, 0.4) is 0 Å². The van der Waals surface area contributed by atoms with Crippen molar-refractivity contribution < 1.29 is 33.4 Å². The number of aromatic nitrogens is 2. The van der Waals surface area contributed by atoms with E-state index in [0.29, 0.717) is 33.8 Å². The number of hydrogen-bond donors (Lipinski definition) is 8. The SMILES string of the molecule is Cc1nc(-c2ccc(C(C)(C)C)cc2)[nH]c(=O)c1C(=O)NC(CCN)C(=O)N(C)C1C(=O)NC(C)C(=O)NC(C(=O)NCC#N)Cc2ccc(OCCN)c(c2)-c2cc1ccc2OCCN. The van der Waals surface area contributed by atoms with Gasteiger partial charge in [-0.05, 0) is 73.2 Å². The molecular formula is C47H59N11O8. The number of likely N-dealkylation sites (N-methyl/N-ethyl adjacent to an activating group) is 1. The van der Waals surface area contributed by atoms with Gasteiger partial charge in [0.2, 0.25) is 23.6 Å². The zero-order valence-corrected chi connectivity index (χ0v) is 38.1. The van der Waals surface area contributed by atoms with Crippen molar-refractivity contribution in [1.82, 2.24) is 36.1 Å². The first-order chi connectivity index (χ1) is 31.4. The zero-order chi connectivity index (χ0) is 48.3. The third kappa shape index (κ3) is 11.9. The van der Waals surface area contributed by atoms with Crippen LogP contribution in [0.4, 0.5) is 0 Å². The lowest BCUT2D eigenvalue weighted by atomic mass is 9.87. The molecule has 0 aliphatic carbocycles. The molecule has 0 spiro atoms. The second kappa shape index (κ2) is 22.2. The Labute approximate surface area is 383 Å². The van der Waals surface area contributed by atoms with Crippen LogP contribution in [0.25, 0.3) is 22.5 Å². The number of H-pyrrole nitrogens is 1. The Hall–Kier alpha value is -7.14. The summed E-state index contributed by atoms with van der Waals surface area (Å²) in [4.78, 5) is 92.1. The fourth-order valence-electron chi connectivity index (χ4n) is 7.48. The molecule has 1 aliphatic heterocycles. The van der Waals surface area contributed by atoms with Gasteiger partial charge in [0.1, 0.15) is 66.8 Å². The Morgan fingerprint density at radius 3 is 2.14 bits per heavy atom. The topological polar surface area (TPSA) is 303 Å². The molecule has 19 heteroatoms. The lowest BCUT2D eigenvalue weighted by molar-refractivity contribution is -0.141. The molecular weight excluding hydrogens is 847 g/mol. The van der Waals surface area contributed by atoms with Crippen LogP contribution in [0, 0.1) is 18.3 Å². The van der Waals surface area contributed by atoms with Gasteiger partial charge in [0.25, 0.3) is 11.5 Å². The first-order valence-corrected chi connectivity index (χ1v) is 21.6. The number of benzene rings is 3. The molecule has 0 saturated heterocycles. The van der Waals surface area contributed by atoms with Gasteiger partial charge in [0, 0.05) is 43.2 Å². The fraction of sp³-hybridized carbons (Fsp3) is 0.404. The second-order valence-corrected chi connectivity index (χ2v) is 16.9. The minimum atomic E-state index is -1.46. The number of fused-ring (bicyclic) bond motifs is 5. The van der Waals surface area contributed by atoms with E-state index in [2.05, 4.69) is 52.0 Å². The van der Waals surface area contributed by atoms with Crippen molar-refractivity contribution in [2.75, 3.05) is 46.4 Å². The number of nitriles is 1. The molecule has 0 fully saturated rings. The van der Waals surface area contributed by atoms with E-state index in [1.807, 2.05) is 30.3 Å². The molecule has 4 aromatic rings. The molecule has 4 bridgehead atoms. The molecule has 2 heterocycles. The Morgan fingerprint density at radius 2 is 1.55 bits per heavy atom. The number of ether oxygens (including phenoxy) is 2. The largest absolute Gasteiger partial charge is 0.492 e. The number of aryl methyl sites for hydroxylation is 1. The van der Waals surface area contributed by atoms with Crippen molar-refractivity contribution in [2.45, 2.75) is 77.0 Å². The summed E-state index contributed by atoms with van der Waals surface area (Å²) in [6.45, 7) is 9.39. The van der Waals surface area contributed by atoms with Crippen LogP contribution < -0.4 is 53.5 Å². The van der Waals surface area contributed by atoms with Crippen LogP contribution in [0.15, 0.2) is 65.5 Å². The summed E-state index contributed by atoms with van der Waals surface area (Å²) in [5.74, 6) is -2.83. The van der Waals surface area contributed by atoms with E-state index in [1.54, 1.807) is 36.4 Å². The smallest absolute Gasteiger partial charge is 0.264 e. The average molecular weight is 906 g/mol. The number of nitrogens with two attached hydrogens (primary N) is 3. The molecule has 1 aromatic heterocycles. The van der Waals surface area contributed by atoms with Crippen LogP contribution in [0.2, 0.25) is 0 Å². The van der Waals surface area contributed by atoms with E-state index in [4.69, 9.17) is 31.9 Å². The summed E-state index contributed by atoms with van der Waals surface area (Å²) in [6, 6.07) is 14.2. The van der Waals surface area contributed by atoms with Gasteiger partial charge < -0.3 is 57.8 Å². The second-order valence-electron chi connectivity index (χ2n) is 16.9. The van der Waals surface area contributed by atoms with Crippen LogP contribution in [-0.2, 0) is 31.0 Å². The van der Waals surface area contributed by atoms with Crippen molar-refractivity contribution in [3.8, 4) is 40.1 Å². The van der Waals surface area contributed by atoms with Crippen molar-refractivity contribution in [3.63, 3.8) is 0 Å². The van der Waals surface area contributed by atoms with Crippen LogP contribution in [0.1, 0.15) is 72.9 Å². The molecule has 3 aromatic carbocycles. The van der Waals surface area contributed by atoms with E-state index >= 15 is 0 Å². The summed E-state index contributed by atoms with van der Waals surface area (Å²) in [7, 11) is 1.36. The van der Waals surface area contributed by atoms with Gasteiger partial charge in [-0.3, -0.25) is 28.8 Å². The maximum absolute atomic E-state index is 14.7. The predicted octanol–water partition coefficient (Wildman–Crippen LogP) is 1.22. The number of carbonyl (C=O) groups excluding carboxylic acids is 5. The summed E-state index contributed by atoms with van der Waals surface area (Å²) < 4.78 is 12.2. The fourth-order valence-corrected chi connectivity index (χ4v) is 7.48. The zero-order valence-electron chi connectivity index (χ0n) is 38.1. The van der Waals surface area contributed by atoms with Gasteiger partial charge in [-0.15, -0.1) is 0 Å². The molecule has 5 amide bonds. The minimum absolute atomic E-state index is 0.0162. The number of rotatable bonds is 15. The summed E-state index contributed by atoms with van der Waals surface area (Å²) >= 11 is 0. The molecule has 4 unspecified atom stereocenters. The number of nitrogens with zero attached hydrogens (tertiary/aromatic N) is 3. The van der Waals surface area contributed by atoms with Crippen LogP contribution in [-0.4, -0.2) is 109 Å². The standard InChI is InChI=1S/C47H59N11O8/c1-26-38(44(62)57-40(53-26)29-8-11-31(12-9-29)47(3,4)5)43(61)55-34(15-16-48)46(64)58(6)39-30-10-14-37(66-22-19-51)33(25-30)32-23-28(7-13-36(32)65-21-18-50)24-35(42(60)52-20-17-49)56-41(59)27(2)54-45(39)63/h7-14,23,25,27,34-35,39H,15-16,18-22,24,48,50-51H2,1-6H3,(H,52,60)(H,54,63)(H,55,61)(H,56,59)(H,53,57,62). The monoisotopic (exact) mass is 905 g/mol. The molecule has 1 aliphatic rings. The molecule has 5 rings (SSSR count). The Bertz CT molecular complexity index is 2530. The number of aromatic amines is 1. The maximum atomic E-state index is 14.7. The molecule has 0 saturated carbocycles. The lowest BCUT2D eigenvalue weighted by Gasteiger charge is -2.32. The lowest BCUT2D eigenvalue weighted by Crippen LogP contribution is -2.56. The Kier molecular flexibility index (Phi) is 16.8. The van der Waals surface area contributed by atoms with E-state index < -0.39 is 59.3 Å². The van der Waals surface area contributed by atoms with Gasteiger partial charge in [-0.1, -0.05) is 57.2 Å². The normalized spacial score (nSPS) is 16.6. The van der Waals surface area contributed by atoms with Gasteiger partial charge in [-0.25, -0.2) is 4.98 Å². The van der Waals surface area contributed by atoms with Crippen LogP contribution >= 0.6 is 0 Å². The molecule has 0 radical (unpaired) electrons. The highest BCUT2D eigenvalue weighted by Crippen LogP contribution is 2.40. The number of hydrogen-bond acceptors (Lipinski definition) is 13. The van der Waals surface area contributed by atoms with Crippen molar-refractivity contribution in [3.05, 3.63) is 99.0 Å². The van der Waals surface area contributed by atoms with E-state index in [1.165, 1.54) is 20.9 Å². The van der Waals surface area contributed by atoms with E-state index in [0.717, 1.165) is 10.5 Å². The van der Waals surface area contributed by atoms with Gasteiger partial charge in [0.15, 0.2) is 0 Å². The van der Waals surface area contributed by atoms with E-state index in [-0.39, 0.29) is 80.3 Å². The predicted molar refractivity (Wildman–Crippen MR) is 247 cm³/mol. The Balaban J connectivity index is 1.57. The maximum Gasteiger partial charge on any atom is 0.264 e. The summed E-state index contributed by atoms with van der Waals surface area (Å²) in [6.07, 6.45) is -0.108. The minimum Gasteiger partial charge on any atom is -0.492 e. The van der Waals surface area contributed by atoms with Crippen molar-refractivity contribution >= 4 is 29.5 Å². The third-order valence-electron chi connectivity index (χ3n) is 11.0. The molecule has 4 atom stereocenters. The molecule has 19 nitrogen and oxygen atoms in total. The summed E-state index contributed by atoms with van der Waals surface area (Å²) in [5, 5.41) is 19.7. The first-order valence-electron chi connectivity index (χ1n) is 21.6. The first kappa shape index (κ1) is 49.9. The van der Waals surface area contributed by atoms with Gasteiger partial charge >= 0.3 is 0 Å². The van der Waals surface area contributed by atoms with Crippen molar-refractivity contribution in [2.24, 2.45) is 17.2 Å². The Morgan fingerprint density at radius 1 is 0.909 bits per heavy atom. The highest BCUT2D eigenvalue weighted by atomic mass is 16.5. The molecule has 66 heavy (non-hydrogen) atoms. The average Bonchev–Trinajstić information content (AvgIpc) is 3.28. The number of nitrogens with one attached hydrogen (secondary N) is 5. The molecule has 11 N–H and O–H groups in total. The molecule has 350 valence electrons. The summed E-state index contributed by atoms with van der Waals surface area (Å²) in [5.41, 5.74) is 20.1. The van der Waals surface area contributed by atoms with Gasteiger partial charge in [0.05, 0.1) is 11.8 Å². The van der Waals surface area contributed by atoms with Crippen molar-refractivity contribution in [1.29, 1.82) is 5.26 Å². The number of carbonyl (C=O) groups is 5. The highest BCUT2D eigenvalue weighted by molar-refractivity contribution is 6.00. The van der Waals surface area contributed by atoms with Gasteiger partial charge in [-0.2, -0.15) is 5.26 Å². The van der Waals surface area contributed by atoms with Crippen LogP contribution in [0.5, 0.6) is 11.5 Å².